The van der Waals surface area contributed by atoms with Gasteiger partial charge in [0, 0.05) is 5.70 Å². The van der Waals surface area contributed by atoms with Gasteiger partial charge in [0.25, 0.3) is 5.56 Å². The average Bonchev–Trinajstić information content (AvgIpc) is 3.10. The van der Waals surface area contributed by atoms with Crippen LogP contribution in [0.25, 0.3) is 0 Å². The van der Waals surface area contributed by atoms with Crippen molar-refractivity contribution in [3.8, 4) is 0 Å². The first-order chi connectivity index (χ1) is 12.9. The van der Waals surface area contributed by atoms with Gasteiger partial charge in [-0.2, -0.15) is 0 Å². The number of thioether (sulfide) groups is 1. The van der Waals surface area contributed by atoms with Gasteiger partial charge in [0.1, 0.15) is 16.5 Å². The van der Waals surface area contributed by atoms with Crippen LogP contribution in [0, 0.1) is 10.1 Å². The average molecular weight is 392 g/mol. The fourth-order valence-electron chi connectivity index (χ4n) is 2.89. The van der Waals surface area contributed by atoms with E-state index >= 15 is 0 Å². The Hall–Kier alpha value is -3.08. The van der Waals surface area contributed by atoms with Crippen LogP contribution in [-0.4, -0.2) is 33.7 Å². The van der Waals surface area contributed by atoms with Gasteiger partial charge in [0.15, 0.2) is 5.16 Å². The van der Waals surface area contributed by atoms with Crippen LogP contribution in [0.3, 0.4) is 0 Å². The Morgan fingerprint density at radius 3 is 2.81 bits per heavy atom. The summed E-state index contributed by atoms with van der Waals surface area (Å²) in [5, 5.41) is 14.3. The highest BCUT2D eigenvalue weighted by atomic mass is 32.2. The Balaban J connectivity index is 2.24. The first kappa shape index (κ1) is 18.7. The van der Waals surface area contributed by atoms with Crippen molar-refractivity contribution in [2.24, 2.45) is 0 Å². The number of fused-ring (bicyclic) bond motifs is 1. The summed E-state index contributed by atoms with van der Waals surface area (Å²) in [5.74, 6) is -1.78. The van der Waals surface area contributed by atoms with Crippen LogP contribution >= 0.6 is 11.8 Å². The predicted octanol–water partition coefficient (Wildman–Crippen LogP) is 2.39. The van der Waals surface area contributed by atoms with Crippen molar-refractivity contribution in [1.29, 1.82) is 0 Å². The molecule has 1 aliphatic rings. The number of esters is 1. The lowest BCUT2D eigenvalue weighted by atomic mass is 9.86. The van der Waals surface area contributed by atoms with Gasteiger partial charge >= 0.3 is 11.9 Å². The van der Waals surface area contributed by atoms with Crippen molar-refractivity contribution in [2.75, 3.05) is 18.2 Å². The minimum absolute atomic E-state index is 0.0797. The fourth-order valence-corrected chi connectivity index (χ4v) is 3.26. The molecule has 2 N–H and O–H groups in total. The molecule has 0 saturated carbocycles. The Morgan fingerprint density at radius 1 is 1.48 bits per heavy atom. The van der Waals surface area contributed by atoms with Crippen LogP contribution in [0.2, 0.25) is 0 Å². The normalized spacial score (nSPS) is 15.9. The van der Waals surface area contributed by atoms with Crippen LogP contribution in [0.15, 0.2) is 37.8 Å². The summed E-state index contributed by atoms with van der Waals surface area (Å²) >= 11 is 1.25. The number of hydrogen-bond acceptors (Lipinski definition) is 9. The van der Waals surface area contributed by atoms with Gasteiger partial charge in [-0.05, 0) is 26.2 Å². The van der Waals surface area contributed by atoms with E-state index in [0.717, 1.165) is 0 Å². The van der Waals surface area contributed by atoms with Gasteiger partial charge in [-0.1, -0.05) is 11.8 Å². The number of aromatic amines is 1. The summed E-state index contributed by atoms with van der Waals surface area (Å²) < 4.78 is 10.4. The number of nitrogens with zero attached hydrogens (tertiary/aromatic N) is 2. The highest BCUT2D eigenvalue weighted by Gasteiger charge is 2.39. The van der Waals surface area contributed by atoms with E-state index in [9.17, 15) is 19.7 Å². The molecule has 1 atom stereocenters. The van der Waals surface area contributed by atoms with Crippen molar-refractivity contribution >= 4 is 29.4 Å². The topological polar surface area (TPSA) is 140 Å². The highest BCUT2D eigenvalue weighted by molar-refractivity contribution is 7.98. The van der Waals surface area contributed by atoms with E-state index in [2.05, 4.69) is 15.3 Å². The second kappa shape index (κ2) is 7.27. The lowest BCUT2D eigenvalue weighted by Crippen LogP contribution is -2.31. The fraction of sp³-hybridized carbons (Fsp3) is 0.312. The number of anilines is 1. The number of rotatable bonds is 5. The molecule has 0 saturated heterocycles. The molecule has 0 bridgehead atoms. The van der Waals surface area contributed by atoms with Crippen LogP contribution in [0.1, 0.15) is 31.1 Å². The van der Waals surface area contributed by atoms with Crippen molar-refractivity contribution in [2.45, 2.75) is 24.9 Å². The van der Waals surface area contributed by atoms with E-state index in [1.165, 1.54) is 23.9 Å². The van der Waals surface area contributed by atoms with Crippen molar-refractivity contribution in [3.63, 3.8) is 0 Å². The second-order valence-corrected chi connectivity index (χ2v) is 6.38. The molecular formula is C16H16N4O6S. The molecule has 0 aromatic carbocycles. The lowest BCUT2D eigenvalue weighted by molar-refractivity contribution is -0.402. The smallest absolute Gasteiger partial charge is 0.433 e. The number of nitrogens with one attached hydrogen (secondary N) is 2. The molecule has 3 rings (SSSR count). The van der Waals surface area contributed by atoms with Gasteiger partial charge in [0.2, 0.25) is 0 Å². The number of H-pyrrole nitrogens is 1. The zero-order valence-electron chi connectivity index (χ0n) is 14.7. The van der Waals surface area contributed by atoms with E-state index in [1.54, 1.807) is 20.1 Å². The monoisotopic (exact) mass is 392 g/mol. The molecule has 3 heterocycles. The summed E-state index contributed by atoms with van der Waals surface area (Å²) in [6.45, 7) is 3.43. The van der Waals surface area contributed by atoms with E-state index in [4.69, 9.17) is 9.15 Å². The highest BCUT2D eigenvalue weighted by Crippen LogP contribution is 2.41. The quantitative estimate of drug-likeness (QED) is 0.258. The van der Waals surface area contributed by atoms with Crippen LogP contribution in [0.5, 0.6) is 0 Å². The molecule has 0 spiro atoms. The van der Waals surface area contributed by atoms with Gasteiger partial charge in [-0.25, -0.2) is 9.78 Å². The first-order valence-corrected chi connectivity index (χ1v) is 9.17. The third-order valence-electron chi connectivity index (χ3n) is 3.99. The van der Waals surface area contributed by atoms with Crippen molar-refractivity contribution < 1.29 is 18.9 Å². The van der Waals surface area contributed by atoms with Gasteiger partial charge < -0.3 is 19.5 Å². The Labute approximate surface area is 157 Å². The number of aromatic nitrogens is 2. The maximum atomic E-state index is 12.7. The Morgan fingerprint density at radius 2 is 2.22 bits per heavy atom. The third kappa shape index (κ3) is 3.33. The molecule has 0 fully saturated rings. The molecule has 142 valence electrons. The number of hydrogen-bond donors (Lipinski definition) is 2. The maximum Gasteiger partial charge on any atom is 0.433 e. The van der Waals surface area contributed by atoms with E-state index < -0.39 is 28.3 Å². The van der Waals surface area contributed by atoms with Crippen LogP contribution < -0.4 is 10.9 Å². The van der Waals surface area contributed by atoms with Gasteiger partial charge in [0.05, 0.1) is 29.7 Å². The molecule has 27 heavy (non-hydrogen) atoms. The molecule has 0 radical (unpaired) electrons. The molecule has 10 nitrogen and oxygen atoms in total. The summed E-state index contributed by atoms with van der Waals surface area (Å²) in [4.78, 5) is 42.5. The van der Waals surface area contributed by atoms with Gasteiger partial charge in [-0.15, -0.1) is 0 Å². The van der Waals surface area contributed by atoms with Crippen LogP contribution in [-0.2, 0) is 9.53 Å². The molecule has 11 heteroatoms. The van der Waals surface area contributed by atoms with E-state index in [-0.39, 0.29) is 29.3 Å². The molecule has 2 aromatic heterocycles. The molecular weight excluding hydrogens is 376 g/mol. The predicted molar refractivity (Wildman–Crippen MR) is 96.8 cm³/mol. The number of carbonyl (C=O) groups is 1. The molecule has 0 aliphatic carbocycles. The van der Waals surface area contributed by atoms with Crippen molar-refractivity contribution in [1.82, 2.24) is 9.97 Å². The van der Waals surface area contributed by atoms with Crippen LogP contribution in [0.4, 0.5) is 11.7 Å². The summed E-state index contributed by atoms with van der Waals surface area (Å²) in [5.41, 5.74) is 0.217. The molecule has 2 aromatic rings. The largest absolute Gasteiger partial charge is 0.463 e. The maximum absolute atomic E-state index is 12.7. The minimum atomic E-state index is -0.985. The Bertz CT molecular complexity index is 1010. The van der Waals surface area contributed by atoms with E-state index in [1.807, 2.05) is 0 Å². The number of nitro groups is 1. The first-order valence-electron chi connectivity index (χ1n) is 7.94. The van der Waals surface area contributed by atoms with Crippen molar-refractivity contribution in [3.05, 3.63) is 55.2 Å². The lowest BCUT2D eigenvalue weighted by Gasteiger charge is -2.27. The zero-order chi connectivity index (χ0) is 19.7. The standard InChI is InChI=1S/C16H16N4O6S/c1-4-25-15(22)10-7(2)17-13-12(14(21)19-16(18-13)27-3)11(10)8-5-6-9(26-8)20(23)24/h5-6,11H,4H2,1-3H3,(H2,17,18,19,21). The number of allylic oxidation sites excluding steroid dienone is 1. The second-order valence-electron chi connectivity index (χ2n) is 5.59. The Kier molecular flexibility index (Phi) is 5.04. The van der Waals surface area contributed by atoms with Gasteiger partial charge in [-0.3, -0.25) is 14.9 Å². The minimum Gasteiger partial charge on any atom is -0.463 e. The molecule has 1 unspecified atom stereocenters. The summed E-state index contributed by atoms with van der Waals surface area (Å²) in [6, 6.07) is 2.54. The summed E-state index contributed by atoms with van der Waals surface area (Å²) in [6.07, 6.45) is 1.76. The summed E-state index contributed by atoms with van der Waals surface area (Å²) in [7, 11) is 0. The van der Waals surface area contributed by atoms with E-state index in [0.29, 0.717) is 10.9 Å². The molecule has 0 amide bonds. The number of furan rings is 1. The SMILES string of the molecule is CCOC(=O)C1=C(C)Nc2nc(SC)[nH]c(=O)c2C1c1ccc([N+](=O)[O-])o1. The molecule has 1 aliphatic heterocycles. The number of carbonyl (C=O) groups excluding carboxylic acids is 1. The number of ether oxygens (including phenoxy) is 1. The third-order valence-corrected chi connectivity index (χ3v) is 4.57. The zero-order valence-corrected chi connectivity index (χ0v) is 15.5.